The lowest BCUT2D eigenvalue weighted by atomic mass is 9.81. The minimum atomic E-state index is -0.0539. The van der Waals surface area contributed by atoms with Crippen molar-refractivity contribution in [3.63, 3.8) is 0 Å². The van der Waals surface area contributed by atoms with Crippen molar-refractivity contribution in [3.05, 3.63) is 52.8 Å². The molecule has 0 saturated heterocycles. The van der Waals surface area contributed by atoms with Crippen molar-refractivity contribution in [2.24, 2.45) is 9.98 Å². The number of hydrogen-bond donors (Lipinski definition) is 0. The van der Waals surface area contributed by atoms with Gasteiger partial charge in [0.1, 0.15) is 17.8 Å². The minimum Gasteiger partial charge on any atom is -0.496 e. The summed E-state index contributed by atoms with van der Waals surface area (Å²) < 4.78 is 5.47. The zero-order chi connectivity index (χ0) is 16.6. The fourth-order valence-electron chi connectivity index (χ4n) is 2.94. The van der Waals surface area contributed by atoms with Crippen molar-refractivity contribution in [3.8, 4) is 5.75 Å². The highest BCUT2D eigenvalue weighted by molar-refractivity contribution is 7.27. The van der Waals surface area contributed by atoms with Gasteiger partial charge in [0, 0.05) is 16.7 Å². The molecule has 2 aliphatic rings. The highest BCUT2D eigenvalue weighted by Gasteiger charge is 2.36. The molecule has 0 fully saturated rings. The molecule has 4 nitrogen and oxygen atoms in total. The van der Waals surface area contributed by atoms with Crippen LogP contribution in [0.2, 0.25) is 0 Å². The second-order valence-corrected chi connectivity index (χ2v) is 5.73. The van der Waals surface area contributed by atoms with Crippen molar-refractivity contribution >= 4 is 38.0 Å². The quantitative estimate of drug-likeness (QED) is 0.620. The molecule has 0 radical (unpaired) electrons. The Balaban J connectivity index is 2.38. The van der Waals surface area contributed by atoms with Crippen molar-refractivity contribution in [2.45, 2.75) is 13.8 Å². The maximum Gasteiger partial charge on any atom is 0.196 e. The zero-order valence-corrected chi connectivity index (χ0v) is 14.4. The van der Waals surface area contributed by atoms with Crippen LogP contribution in [-0.4, -0.2) is 24.9 Å². The molecule has 0 aromatic heterocycles. The van der Waals surface area contributed by atoms with Crippen LogP contribution < -0.4 is 10.0 Å². The van der Waals surface area contributed by atoms with Gasteiger partial charge in [0.05, 0.1) is 18.4 Å². The maximum atomic E-state index is 13.1. The molecular weight excluding hydrogens is 307 g/mol. The van der Waals surface area contributed by atoms with Crippen LogP contribution in [-0.2, 0) is 4.79 Å². The fraction of sp³-hybridized carbons (Fsp3) is 0.167. The molecule has 116 valence electrons. The highest BCUT2D eigenvalue weighted by Crippen LogP contribution is 2.39. The van der Waals surface area contributed by atoms with Crippen LogP contribution in [0.1, 0.15) is 19.4 Å². The van der Waals surface area contributed by atoms with Gasteiger partial charge in [-0.1, -0.05) is 24.3 Å². The van der Waals surface area contributed by atoms with Crippen LogP contribution in [0, 0.1) is 0 Å². The molecule has 0 saturated carbocycles. The number of rotatable bonds is 2. The van der Waals surface area contributed by atoms with Gasteiger partial charge >= 0.3 is 0 Å². The summed E-state index contributed by atoms with van der Waals surface area (Å²) in [5.74, 6) is 0.594. The zero-order valence-electron chi connectivity index (χ0n) is 13.3. The first-order chi connectivity index (χ1) is 11.1. The predicted octanol–water partition coefficient (Wildman–Crippen LogP) is 2.86. The normalized spacial score (nSPS) is 20.3. The lowest BCUT2D eigenvalue weighted by Gasteiger charge is -2.23. The number of nitrogens with zero attached hydrogens (tertiary/aromatic N) is 2. The molecule has 0 amide bonds. The number of fused-ring (bicyclic) bond motifs is 1. The molecule has 1 aliphatic carbocycles. The van der Waals surface area contributed by atoms with Crippen molar-refractivity contribution in [1.82, 2.24) is 0 Å². The second kappa shape index (κ2) is 6.05. The summed E-state index contributed by atoms with van der Waals surface area (Å²) in [6.45, 7) is 3.76. The van der Waals surface area contributed by atoms with E-state index in [0.717, 1.165) is 22.2 Å². The van der Waals surface area contributed by atoms with Crippen molar-refractivity contribution in [1.29, 1.82) is 0 Å². The summed E-state index contributed by atoms with van der Waals surface area (Å²) >= 11 is 0. The summed E-state index contributed by atoms with van der Waals surface area (Å²) in [5.41, 5.74) is 4.12. The monoisotopic (exact) mass is 324 g/mol. The van der Waals surface area contributed by atoms with Gasteiger partial charge in [0.15, 0.2) is 5.78 Å². The third kappa shape index (κ3) is 2.30. The average Bonchev–Trinajstić information content (AvgIpc) is 3.03. The largest absolute Gasteiger partial charge is 0.496 e. The molecule has 1 aromatic carbocycles. The number of aliphatic imine (C=N–C) groups is 2. The number of benzene rings is 1. The maximum absolute atomic E-state index is 13.1. The number of Topliss-reactive ketones (excluding diaryl/α,β-unsaturated/α-hetero) is 1. The molecule has 1 aliphatic heterocycles. The van der Waals surface area contributed by atoms with E-state index in [1.54, 1.807) is 7.11 Å². The van der Waals surface area contributed by atoms with Crippen LogP contribution in [0.4, 0.5) is 0 Å². The molecule has 5 heteroatoms. The Morgan fingerprint density at radius 2 is 1.91 bits per heavy atom. The molecule has 0 bridgehead atoms. The molecule has 23 heavy (non-hydrogen) atoms. The number of hydrogen-bond acceptors (Lipinski definition) is 4. The third-order valence-corrected chi connectivity index (χ3v) is 4.44. The smallest absolute Gasteiger partial charge is 0.196 e. The van der Waals surface area contributed by atoms with E-state index in [4.69, 9.17) is 4.74 Å². The summed E-state index contributed by atoms with van der Waals surface area (Å²) in [4.78, 5) is 21.8. The van der Waals surface area contributed by atoms with Gasteiger partial charge in [-0.3, -0.25) is 4.79 Å². The number of carbonyl (C=O) groups is 1. The third-order valence-electron chi connectivity index (χ3n) is 3.96. The Bertz CT molecular complexity index is 858. The van der Waals surface area contributed by atoms with Gasteiger partial charge in [-0.15, -0.1) is 9.24 Å². The van der Waals surface area contributed by atoms with Crippen LogP contribution in [0.25, 0.3) is 5.57 Å². The molecule has 3 rings (SSSR count). The molecule has 1 heterocycles. The summed E-state index contributed by atoms with van der Waals surface area (Å²) in [7, 11) is 4.26. The number of ketones is 1. The van der Waals surface area contributed by atoms with Gasteiger partial charge in [0.2, 0.25) is 0 Å². The standard InChI is InChI=1S/C18H17N2O2P/c1-4-10-11(5-2)18(21)15(17-16(10)19-9-20-17)14-12(22-3)7-6-8-13(14)23/h4-9H,23H2,1-3H3/b10-4+,11-5+. The lowest BCUT2D eigenvalue weighted by Crippen LogP contribution is -2.24. The van der Waals surface area contributed by atoms with Gasteiger partial charge in [-0.25, -0.2) is 9.98 Å². The molecular formula is C18H17N2O2P. The lowest BCUT2D eigenvalue weighted by molar-refractivity contribution is -0.110. The van der Waals surface area contributed by atoms with Gasteiger partial charge < -0.3 is 4.74 Å². The van der Waals surface area contributed by atoms with E-state index in [9.17, 15) is 4.79 Å². The minimum absolute atomic E-state index is 0.0539. The highest BCUT2D eigenvalue weighted by atomic mass is 31.0. The first kappa shape index (κ1) is 15.6. The molecule has 1 atom stereocenters. The van der Waals surface area contributed by atoms with Crippen molar-refractivity contribution < 1.29 is 9.53 Å². The number of ether oxygens (including phenoxy) is 1. The Labute approximate surface area is 137 Å². The van der Waals surface area contributed by atoms with Gasteiger partial charge in [-0.05, 0) is 25.2 Å². The van der Waals surface area contributed by atoms with Crippen LogP contribution >= 0.6 is 9.24 Å². The summed E-state index contributed by atoms with van der Waals surface area (Å²) in [6.07, 6.45) is 5.23. The SMILES string of the molecule is C/C=C1/C(=O)C(c2c(P)cccc2OC)=C2N=CN=C2/C1=C/C. The fourth-order valence-corrected chi connectivity index (χ4v) is 3.33. The Morgan fingerprint density at radius 1 is 1.17 bits per heavy atom. The van der Waals surface area contributed by atoms with Crippen molar-refractivity contribution in [2.75, 3.05) is 7.11 Å². The average molecular weight is 324 g/mol. The van der Waals surface area contributed by atoms with Crippen LogP contribution in [0.3, 0.4) is 0 Å². The van der Waals surface area contributed by atoms with E-state index in [-0.39, 0.29) is 5.78 Å². The van der Waals surface area contributed by atoms with E-state index in [1.165, 1.54) is 6.34 Å². The predicted molar refractivity (Wildman–Crippen MR) is 97.7 cm³/mol. The first-order valence-electron chi connectivity index (χ1n) is 7.29. The van der Waals surface area contributed by atoms with E-state index in [1.807, 2.05) is 44.2 Å². The van der Waals surface area contributed by atoms with Gasteiger partial charge in [0.25, 0.3) is 0 Å². The Morgan fingerprint density at radius 3 is 2.57 bits per heavy atom. The molecule has 0 N–H and O–H groups in total. The summed E-state index contributed by atoms with van der Waals surface area (Å²) in [5, 5.41) is 0.890. The number of methoxy groups -OCH3 is 1. The number of carbonyl (C=O) groups excluding carboxylic acids is 1. The topological polar surface area (TPSA) is 51.0 Å². The Hall–Kier alpha value is -2.32. The number of allylic oxidation sites excluding steroid dienone is 5. The molecule has 1 unspecified atom stereocenters. The van der Waals surface area contributed by atoms with Crippen LogP contribution in [0.5, 0.6) is 5.75 Å². The van der Waals surface area contributed by atoms with E-state index in [2.05, 4.69) is 19.2 Å². The molecule has 0 spiro atoms. The first-order valence-corrected chi connectivity index (χ1v) is 7.87. The Kier molecular flexibility index (Phi) is 4.10. The van der Waals surface area contributed by atoms with Gasteiger partial charge in [-0.2, -0.15) is 0 Å². The second-order valence-electron chi connectivity index (χ2n) is 5.10. The van der Waals surface area contributed by atoms with E-state index in [0.29, 0.717) is 22.6 Å². The summed E-state index contributed by atoms with van der Waals surface area (Å²) in [6, 6.07) is 5.67. The molecule has 1 aromatic rings. The van der Waals surface area contributed by atoms with Crippen LogP contribution in [0.15, 0.2) is 57.2 Å². The van der Waals surface area contributed by atoms with E-state index < -0.39 is 0 Å². The van der Waals surface area contributed by atoms with E-state index >= 15 is 0 Å².